The molecule has 5 nitrogen and oxygen atoms in total. The van der Waals surface area contributed by atoms with Crippen LogP contribution in [0.5, 0.6) is 0 Å². The molecule has 4 rings (SSSR count). The molecule has 1 aromatic heterocycles. The summed E-state index contributed by atoms with van der Waals surface area (Å²) >= 11 is 0. The number of hydrogen-bond acceptors (Lipinski definition) is 4. The van der Waals surface area contributed by atoms with Gasteiger partial charge in [-0.3, -0.25) is 9.69 Å². The molecular formula is C24H22F4N4O. The fourth-order valence-electron chi connectivity index (χ4n) is 3.87. The monoisotopic (exact) mass is 458 g/mol. The van der Waals surface area contributed by atoms with E-state index in [1.165, 1.54) is 30.3 Å². The van der Waals surface area contributed by atoms with Gasteiger partial charge in [0.05, 0.1) is 0 Å². The van der Waals surface area contributed by atoms with Gasteiger partial charge in [0.2, 0.25) is 5.91 Å². The first-order valence-corrected chi connectivity index (χ1v) is 10.5. The second-order valence-electron chi connectivity index (χ2n) is 7.71. The minimum absolute atomic E-state index is 0.261. The minimum Gasteiger partial charge on any atom is -0.354 e. The number of benzene rings is 2. The van der Waals surface area contributed by atoms with Gasteiger partial charge in [-0.05, 0) is 42.0 Å². The molecule has 172 valence electrons. The van der Waals surface area contributed by atoms with Crippen LogP contribution in [0, 0.1) is 5.82 Å². The lowest BCUT2D eigenvalue weighted by Crippen LogP contribution is -2.50. The van der Waals surface area contributed by atoms with E-state index in [9.17, 15) is 22.4 Å². The summed E-state index contributed by atoms with van der Waals surface area (Å²) in [6.07, 6.45) is -4.51. The highest BCUT2D eigenvalue weighted by Gasteiger charge is 2.34. The Kier molecular flexibility index (Phi) is 6.60. The molecular weight excluding hydrogens is 436 g/mol. The third-order valence-corrected chi connectivity index (χ3v) is 5.50. The SMILES string of the molecule is O=C(Nc1ccc(F)cc1)C(c1ccccc1)N1CCN(c2cccc(C(F)(F)F)n2)CC1. The van der Waals surface area contributed by atoms with E-state index in [1.54, 1.807) is 11.0 Å². The first kappa shape index (κ1) is 22.7. The molecule has 0 spiro atoms. The lowest BCUT2D eigenvalue weighted by atomic mass is 10.0. The van der Waals surface area contributed by atoms with Crippen molar-refractivity contribution in [3.8, 4) is 0 Å². The summed E-state index contributed by atoms with van der Waals surface area (Å²) in [4.78, 5) is 20.7. The predicted molar refractivity (Wildman–Crippen MR) is 117 cm³/mol. The first-order chi connectivity index (χ1) is 15.8. The van der Waals surface area contributed by atoms with E-state index in [4.69, 9.17) is 0 Å². The number of carbonyl (C=O) groups is 1. The first-order valence-electron chi connectivity index (χ1n) is 10.5. The largest absolute Gasteiger partial charge is 0.433 e. The Balaban J connectivity index is 1.50. The van der Waals surface area contributed by atoms with Crippen molar-refractivity contribution in [2.45, 2.75) is 12.2 Å². The number of anilines is 2. The molecule has 0 saturated carbocycles. The lowest BCUT2D eigenvalue weighted by molar-refractivity contribution is -0.141. The summed E-state index contributed by atoms with van der Waals surface area (Å²) in [5.74, 6) is -0.401. The topological polar surface area (TPSA) is 48.5 Å². The Morgan fingerprint density at radius 1 is 0.879 bits per heavy atom. The van der Waals surface area contributed by atoms with Crippen molar-refractivity contribution < 1.29 is 22.4 Å². The number of nitrogens with zero attached hydrogens (tertiary/aromatic N) is 3. The van der Waals surface area contributed by atoms with Gasteiger partial charge in [0.25, 0.3) is 0 Å². The average Bonchev–Trinajstić information content (AvgIpc) is 2.81. The van der Waals surface area contributed by atoms with E-state index < -0.39 is 23.7 Å². The second-order valence-corrected chi connectivity index (χ2v) is 7.71. The zero-order valence-electron chi connectivity index (χ0n) is 17.6. The second kappa shape index (κ2) is 9.58. The summed E-state index contributed by atoms with van der Waals surface area (Å²) in [5.41, 5.74) is 0.347. The Morgan fingerprint density at radius 2 is 1.55 bits per heavy atom. The predicted octanol–water partition coefficient (Wildman–Crippen LogP) is 4.74. The number of carbonyl (C=O) groups excluding carboxylic acids is 1. The molecule has 33 heavy (non-hydrogen) atoms. The van der Waals surface area contributed by atoms with Gasteiger partial charge in [-0.1, -0.05) is 36.4 Å². The number of halogens is 4. The quantitative estimate of drug-likeness (QED) is 0.561. The maximum atomic E-state index is 13.2. The van der Waals surface area contributed by atoms with Crippen LogP contribution in [0.15, 0.2) is 72.8 Å². The number of amides is 1. The number of pyridine rings is 1. The van der Waals surface area contributed by atoms with E-state index in [1.807, 2.05) is 35.2 Å². The van der Waals surface area contributed by atoms with Crippen molar-refractivity contribution in [1.82, 2.24) is 9.88 Å². The number of aromatic nitrogens is 1. The van der Waals surface area contributed by atoms with Crippen molar-refractivity contribution in [3.63, 3.8) is 0 Å². The standard InChI is InChI=1S/C24H22F4N4O/c25-18-9-11-19(12-10-18)29-23(33)22(17-5-2-1-3-6-17)32-15-13-31(14-16-32)21-8-4-7-20(30-21)24(26,27)28/h1-12,22H,13-16H2,(H,29,33). The highest BCUT2D eigenvalue weighted by Crippen LogP contribution is 2.30. The average molecular weight is 458 g/mol. The summed E-state index contributed by atoms with van der Waals surface area (Å²) in [6.45, 7) is 1.74. The number of hydrogen-bond donors (Lipinski definition) is 1. The maximum Gasteiger partial charge on any atom is 0.433 e. The number of rotatable bonds is 5. The van der Waals surface area contributed by atoms with Crippen molar-refractivity contribution in [2.75, 3.05) is 36.4 Å². The van der Waals surface area contributed by atoms with E-state index in [0.717, 1.165) is 11.6 Å². The molecule has 1 unspecified atom stereocenters. The highest BCUT2D eigenvalue weighted by molar-refractivity contribution is 5.95. The van der Waals surface area contributed by atoms with Crippen LogP contribution in [0.4, 0.5) is 29.1 Å². The van der Waals surface area contributed by atoms with Crippen LogP contribution >= 0.6 is 0 Å². The fourth-order valence-corrected chi connectivity index (χ4v) is 3.87. The third kappa shape index (κ3) is 5.48. The van der Waals surface area contributed by atoms with Gasteiger partial charge in [0, 0.05) is 31.9 Å². The zero-order valence-corrected chi connectivity index (χ0v) is 17.6. The third-order valence-electron chi connectivity index (χ3n) is 5.50. The molecule has 0 bridgehead atoms. The van der Waals surface area contributed by atoms with E-state index in [2.05, 4.69) is 10.3 Å². The van der Waals surface area contributed by atoms with Gasteiger partial charge in [-0.2, -0.15) is 13.2 Å². The highest BCUT2D eigenvalue weighted by atomic mass is 19.4. The lowest BCUT2D eigenvalue weighted by Gasteiger charge is -2.39. The smallest absolute Gasteiger partial charge is 0.354 e. The van der Waals surface area contributed by atoms with Crippen LogP contribution in [0.25, 0.3) is 0 Å². The van der Waals surface area contributed by atoms with Gasteiger partial charge < -0.3 is 10.2 Å². The van der Waals surface area contributed by atoms with Gasteiger partial charge in [0.1, 0.15) is 23.4 Å². The molecule has 2 heterocycles. The molecule has 1 amide bonds. The van der Waals surface area contributed by atoms with Crippen LogP contribution in [-0.4, -0.2) is 42.0 Å². The Morgan fingerprint density at radius 3 is 2.18 bits per heavy atom. The van der Waals surface area contributed by atoms with Crippen LogP contribution in [0.2, 0.25) is 0 Å². The van der Waals surface area contributed by atoms with Crippen LogP contribution in [0.3, 0.4) is 0 Å². The number of alkyl halides is 3. The van der Waals surface area contributed by atoms with Crippen molar-refractivity contribution in [1.29, 1.82) is 0 Å². The van der Waals surface area contributed by atoms with E-state index in [-0.39, 0.29) is 11.7 Å². The van der Waals surface area contributed by atoms with Gasteiger partial charge >= 0.3 is 6.18 Å². The van der Waals surface area contributed by atoms with Crippen molar-refractivity contribution >= 4 is 17.4 Å². The van der Waals surface area contributed by atoms with E-state index in [0.29, 0.717) is 31.9 Å². The summed E-state index contributed by atoms with van der Waals surface area (Å²) in [5, 5.41) is 2.83. The molecule has 0 aliphatic carbocycles. The van der Waals surface area contributed by atoms with Gasteiger partial charge in [0.15, 0.2) is 0 Å². The number of piperazine rings is 1. The van der Waals surface area contributed by atoms with Gasteiger partial charge in [-0.25, -0.2) is 9.37 Å². The number of nitrogens with one attached hydrogen (secondary N) is 1. The Hall–Kier alpha value is -3.46. The molecule has 2 aromatic carbocycles. The molecule has 1 aliphatic heterocycles. The molecule has 1 aliphatic rings. The summed E-state index contributed by atoms with van der Waals surface area (Å²) in [6, 6.07) is 18.0. The molecule has 1 N–H and O–H groups in total. The van der Waals surface area contributed by atoms with Crippen molar-refractivity contribution in [2.24, 2.45) is 0 Å². The maximum absolute atomic E-state index is 13.2. The van der Waals surface area contributed by atoms with Crippen LogP contribution in [0.1, 0.15) is 17.3 Å². The molecule has 1 saturated heterocycles. The Labute approximate surface area is 188 Å². The molecule has 3 aromatic rings. The summed E-state index contributed by atoms with van der Waals surface area (Å²) < 4.78 is 52.3. The molecule has 9 heteroatoms. The molecule has 0 radical (unpaired) electrons. The normalized spacial score (nSPS) is 15.8. The Bertz CT molecular complexity index is 1080. The molecule has 1 atom stereocenters. The van der Waals surface area contributed by atoms with Crippen LogP contribution in [-0.2, 0) is 11.0 Å². The van der Waals surface area contributed by atoms with Gasteiger partial charge in [-0.15, -0.1) is 0 Å². The van der Waals surface area contributed by atoms with Crippen LogP contribution < -0.4 is 10.2 Å². The van der Waals surface area contributed by atoms with Crippen molar-refractivity contribution in [3.05, 3.63) is 89.9 Å². The molecule has 1 fully saturated rings. The minimum atomic E-state index is -4.51. The summed E-state index contributed by atoms with van der Waals surface area (Å²) in [7, 11) is 0. The van der Waals surface area contributed by atoms with E-state index >= 15 is 0 Å². The fraction of sp³-hybridized carbons (Fsp3) is 0.250. The zero-order chi connectivity index (χ0) is 23.4.